The van der Waals surface area contributed by atoms with Crippen LogP contribution in [0.5, 0.6) is 11.5 Å². The first-order chi connectivity index (χ1) is 12.3. The van der Waals surface area contributed by atoms with Crippen LogP contribution in [0.3, 0.4) is 0 Å². The van der Waals surface area contributed by atoms with Gasteiger partial charge in [0.05, 0.1) is 12.8 Å². The summed E-state index contributed by atoms with van der Waals surface area (Å²) in [6.07, 6.45) is 1.68. The van der Waals surface area contributed by atoms with Crippen LogP contribution >= 0.6 is 12.2 Å². The Morgan fingerprint density at radius 2 is 1.92 bits per heavy atom. The molecule has 2 aliphatic rings. The largest absolute Gasteiger partial charge is 0.467 e. The predicted molar refractivity (Wildman–Crippen MR) is 97.6 cm³/mol. The zero-order valence-electron chi connectivity index (χ0n) is 13.9. The number of ether oxygens (including phenoxy) is 2. The summed E-state index contributed by atoms with van der Waals surface area (Å²) in [5.74, 6) is 2.57. The molecule has 0 radical (unpaired) electrons. The summed E-state index contributed by atoms with van der Waals surface area (Å²) in [4.78, 5) is 4.65. The molecule has 132 valence electrons. The van der Waals surface area contributed by atoms with E-state index < -0.39 is 0 Å². The minimum atomic E-state index is 0.319. The highest BCUT2D eigenvalue weighted by Gasteiger charge is 2.20. The summed E-state index contributed by atoms with van der Waals surface area (Å²) < 4.78 is 16.1. The van der Waals surface area contributed by atoms with E-state index in [1.807, 2.05) is 18.2 Å². The molecule has 25 heavy (non-hydrogen) atoms. The summed E-state index contributed by atoms with van der Waals surface area (Å²) in [5.41, 5.74) is 1.25. The number of rotatable bonds is 4. The molecule has 1 fully saturated rings. The number of thiocarbonyl (C=S) groups is 1. The molecule has 4 rings (SSSR count). The molecule has 3 heterocycles. The number of fused-ring (bicyclic) bond motifs is 1. The van der Waals surface area contributed by atoms with Gasteiger partial charge in [0.15, 0.2) is 16.6 Å². The maximum Gasteiger partial charge on any atom is 0.231 e. The Morgan fingerprint density at radius 1 is 1.08 bits per heavy atom. The van der Waals surface area contributed by atoms with Crippen molar-refractivity contribution in [2.24, 2.45) is 0 Å². The Labute approximate surface area is 152 Å². The van der Waals surface area contributed by atoms with Crippen molar-refractivity contribution in [3.8, 4) is 11.5 Å². The zero-order chi connectivity index (χ0) is 17.1. The average molecular weight is 359 g/mol. The number of nitrogens with zero attached hydrogens (tertiary/aromatic N) is 2. The summed E-state index contributed by atoms with van der Waals surface area (Å²) in [6, 6.07) is 10.00. The van der Waals surface area contributed by atoms with Crippen molar-refractivity contribution in [3.05, 3.63) is 47.9 Å². The van der Waals surface area contributed by atoms with E-state index in [1.165, 1.54) is 5.56 Å². The molecule has 0 saturated carbocycles. The van der Waals surface area contributed by atoms with Gasteiger partial charge < -0.3 is 24.1 Å². The van der Waals surface area contributed by atoms with E-state index in [4.69, 9.17) is 26.1 Å². The summed E-state index contributed by atoms with van der Waals surface area (Å²) in [7, 11) is 0. The second-order valence-electron chi connectivity index (χ2n) is 6.19. The van der Waals surface area contributed by atoms with Gasteiger partial charge in [0.25, 0.3) is 0 Å². The van der Waals surface area contributed by atoms with Crippen LogP contribution in [-0.2, 0) is 13.1 Å². The summed E-state index contributed by atoms with van der Waals surface area (Å²) in [6.45, 7) is 5.68. The molecule has 1 N–H and O–H groups in total. The van der Waals surface area contributed by atoms with E-state index in [0.717, 1.165) is 55.1 Å². The fourth-order valence-corrected chi connectivity index (χ4v) is 3.35. The van der Waals surface area contributed by atoms with Gasteiger partial charge >= 0.3 is 0 Å². The Balaban J connectivity index is 1.24. The van der Waals surface area contributed by atoms with E-state index in [-0.39, 0.29) is 0 Å². The number of hydrogen-bond donors (Lipinski definition) is 1. The fourth-order valence-electron chi connectivity index (χ4n) is 3.09. The summed E-state index contributed by atoms with van der Waals surface area (Å²) >= 11 is 5.49. The van der Waals surface area contributed by atoms with E-state index in [9.17, 15) is 0 Å². The van der Waals surface area contributed by atoms with Crippen LogP contribution in [0.15, 0.2) is 41.0 Å². The molecule has 1 saturated heterocycles. The van der Waals surface area contributed by atoms with Gasteiger partial charge in [0.1, 0.15) is 5.76 Å². The van der Waals surface area contributed by atoms with Crippen molar-refractivity contribution in [2.75, 3.05) is 33.0 Å². The van der Waals surface area contributed by atoms with Gasteiger partial charge in [-0.1, -0.05) is 6.07 Å². The van der Waals surface area contributed by atoms with Gasteiger partial charge in [-0.15, -0.1) is 0 Å². The molecule has 2 aliphatic heterocycles. The molecule has 1 aromatic heterocycles. The van der Waals surface area contributed by atoms with Gasteiger partial charge in [0, 0.05) is 32.7 Å². The van der Waals surface area contributed by atoms with Gasteiger partial charge in [-0.3, -0.25) is 4.90 Å². The molecule has 2 aromatic rings. The average Bonchev–Trinajstić information content (AvgIpc) is 3.31. The van der Waals surface area contributed by atoms with Crippen molar-refractivity contribution >= 4 is 17.3 Å². The van der Waals surface area contributed by atoms with Crippen LogP contribution in [0.4, 0.5) is 0 Å². The third-order valence-electron chi connectivity index (χ3n) is 4.50. The Hall–Kier alpha value is -2.25. The minimum absolute atomic E-state index is 0.319. The van der Waals surface area contributed by atoms with Crippen LogP contribution in [0, 0.1) is 0 Å². The number of furan rings is 1. The second kappa shape index (κ2) is 7.33. The number of piperazine rings is 1. The molecular formula is C18H21N3O3S. The molecular weight excluding hydrogens is 338 g/mol. The Morgan fingerprint density at radius 3 is 2.72 bits per heavy atom. The van der Waals surface area contributed by atoms with E-state index in [1.54, 1.807) is 6.26 Å². The topological polar surface area (TPSA) is 50.1 Å². The van der Waals surface area contributed by atoms with E-state index in [0.29, 0.717) is 13.3 Å². The first-order valence-corrected chi connectivity index (χ1v) is 8.85. The third-order valence-corrected chi connectivity index (χ3v) is 4.90. The Bertz CT molecular complexity index is 727. The first-order valence-electron chi connectivity index (χ1n) is 8.44. The maximum atomic E-state index is 5.49. The van der Waals surface area contributed by atoms with Gasteiger partial charge in [0.2, 0.25) is 6.79 Å². The quantitative estimate of drug-likeness (QED) is 0.840. The monoisotopic (exact) mass is 359 g/mol. The number of benzene rings is 1. The third kappa shape index (κ3) is 3.88. The van der Waals surface area contributed by atoms with Crippen LogP contribution < -0.4 is 14.8 Å². The lowest BCUT2D eigenvalue weighted by molar-refractivity contribution is 0.172. The van der Waals surface area contributed by atoms with Gasteiger partial charge in [-0.25, -0.2) is 0 Å². The van der Waals surface area contributed by atoms with Crippen LogP contribution in [0.25, 0.3) is 0 Å². The SMILES string of the molecule is S=C(NCc1ccco1)N1CCN(Cc2ccc3c(c2)OCO3)CC1. The zero-order valence-corrected chi connectivity index (χ0v) is 14.8. The second-order valence-corrected chi connectivity index (χ2v) is 6.58. The lowest BCUT2D eigenvalue weighted by Gasteiger charge is -2.36. The highest BCUT2D eigenvalue weighted by atomic mass is 32.1. The highest BCUT2D eigenvalue weighted by molar-refractivity contribution is 7.80. The smallest absolute Gasteiger partial charge is 0.231 e. The van der Waals surface area contributed by atoms with Crippen molar-refractivity contribution < 1.29 is 13.9 Å². The van der Waals surface area contributed by atoms with Crippen LogP contribution in [0.1, 0.15) is 11.3 Å². The molecule has 0 bridgehead atoms. The van der Waals surface area contributed by atoms with Crippen LogP contribution in [-0.4, -0.2) is 47.9 Å². The van der Waals surface area contributed by atoms with E-state index in [2.05, 4.69) is 27.2 Å². The Kier molecular flexibility index (Phi) is 4.76. The molecule has 0 spiro atoms. The van der Waals surface area contributed by atoms with Crippen LogP contribution in [0.2, 0.25) is 0 Å². The van der Waals surface area contributed by atoms with E-state index >= 15 is 0 Å². The fraction of sp³-hybridized carbons (Fsp3) is 0.389. The molecule has 1 aromatic carbocycles. The van der Waals surface area contributed by atoms with Crippen molar-refractivity contribution in [1.29, 1.82) is 0 Å². The summed E-state index contributed by atoms with van der Waals surface area (Å²) in [5, 5.41) is 4.05. The molecule has 0 amide bonds. The van der Waals surface area contributed by atoms with Gasteiger partial charge in [-0.05, 0) is 42.0 Å². The molecule has 0 atom stereocenters. The van der Waals surface area contributed by atoms with Crippen molar-refractivity contribution in [3.63, 3.8) is 0 Å². The maximum absolute atomic E-state index is 5.49. The standard InChI is InChI=1S/C18H21N3O3S/c25-18(19-11-15-2-1-9-22-15)21-7-5-20(6-8-21)12-14-3-4-16-17(10-14)24-13-23-16/h1-4,9-10H,5-8,11-13H2,(H,19,25). The van der Waals surface area contributed by atoms with Crippen molar-refractivity contribution in [1.82, 2.24) is 15.1 Å². The van der Waals surface area contributed by atoms with Crippen molar-refractivity contribution in [2.45, 2.75) is 13.1 Å². The lowest BCUT2D eigenvalue weighted by Crippen LogP contribution is -2.51. The number of nitrogens with one attached hydrogen (secondary N) is 1. The number of hydrogen-bond acceptors (Lipinski definition) is 5. The minimum Gasteiger partial charge on any atom is -0.467 e. The normalized spacial score (nSPS) is 16.9. The highest BCUT2D eigenvalue weighted by Crippen LogP contribution is 2.32. The molecule has 0 unspecified atom stereocenters. The lowest BCUT2D eigenvalue weighted by atomic mass is 10.1. The van der Waals surface area contributed by atoms with Gasteiger partial charge in [-0.2, -0.15) is 0 Å². The molecule has 6 nitrogen and oxygen atoms in total. The molecule has 7 heteroatoms. The predicted octanol–water partition coefficient (Wildman–Crippen LogP) is 2.20. The molecule has 0 aliphatic carbocycles. The first kappa shape index (κ1) is 16.2.